The van der Waals surface area contributed by atoms with Crippen molar-refractivity contribution in [1.29, 1.82) is 0 Å². The van der Waals surface area contributed by atoms with Crippen molar-refractivity contribution in [2.75, 3.05) is 18.2 Å². The minimum Gasteiger partial charge on any atom is -0.482 e. The second-order valence-corrected chi connectivity index (χ2v) is 8.71. The highest BCUT2D eigenvalue weighted by molar-refractivity contribution is 7.99. The van der Waals surface area contributed by atoms with Gasteiger partial charge in [0.15, 0.2) is 17.1 Å². The fourth-order valence-corrected chi connectivity index (χ4v) is 4.38. The zero-order chi connectivity index (χ0) is 22.5. The fraction of sp³-hybridized carbons (Fsp3) is 0.333. The summed E-state index contributed by atoms with van der Waals surface area (Å²) in [7, 11) is 3.14. The Bertz CT molecular complexity index is 1090. The maximum absolute atomic E-state index is 12.3. The van der Waals surface area contributed by atoms with Gasteiger partial charge in [-0.2, -0.15) is 0 Å². The number of aromatic nitrogens is 3. The van der Waals surface area contributed by atoms with Crippen molar-refractivity contribution < 1.29 is 19.1 Å². The number of hydrogen-bond acceptors (Lipinski definition) is 8. The Hall–Kier alpha value is -2.85. The lowest BCUT2D eigenvalue weighted by molar-refractivity contribution is -0.113. The average Bonchev–Trinajstić information content (AvgIpc) is 3.35. The normalized spacial score (nSPS) is 11.8. The Morgan fingerprint density at radius 1 is 1.26 bits per heavy atom. The Labute approximate surface area is 189 Å². The molecule has 0 radical (unpaired) electrons. The Morgan fingerprint density at radius 3 is 2.77 bits per heavy atom. The van der Waals surface area contributed by atoms with Gasteiger partial charge in [0.2, 0.25) is 5.91 Å². The van der Waals surface area contributed by atoms with Crippen LogP contribution in [0.5, 0.6) is 5.75 Å². The summed E-state index contributed by atoms with van der Waals surface area (Å²) in [5, 5.41) is 14.0. The molecule has 1 unspecified atom stereocenters. The maximum Gasteiger partial charge on any atom is 0.340 e. The summed E-state index contributed by atoms with van der Waals surface area (Å²) >= 11 is 2.52. The number of methoxy groups -OCH3 is 1. The van der Waals surface area contributed by atoms with E-state index in [1.165, 1.54) is 30.2 Å². The lowest BCUT2D eigenvalue weighted by atomic mass is 10.1. The molecule has 2 aromatic heterocycles. The van der Waals surface area contributed by atoms with E-state index in [1.54, 1.807) is 11.4 Å². The third-order valence-electron chi connectivity index (χ3n) is 4.75. The molecule has 0 saturated carbocycles. The Balaban J connectivity index is 1.61. The van der Waals surface area contributed by atoms with Gasteiger partial charge in [-0.1, -0.05) is 23.9 Å². The van der Waals surface area contributed by atoms with E-state index in [1.807, 2.05) is 50.6 Å². The monoisotopic (exact) mass is 460 g/mol. The van der Waals surface area contributed by atoms with Gasteiger partial charge in [0.1, 0.15) is 10.8 Å². The number of hydrogen-bond donors (Lipinski definition) is 1. The summed E-state index contributed by atoms with van der Waals surface area (Å²) < 4.78 is 12.6. The Kier molecular flexibility index (Phi) is 7.34. The molecule has 3 rings (SSSR count). The summed E-state index contributed by atoms with van der Waals surface area (Å²) in [5.41, 5.74) is 2.58. The van der Waals surface area contributed by atoms with E-state index >= 15 is 0 Å². The molecule has 31 heavy (non-hydrogen) atoms. The summed E-state index contributed by atoms with van der Waals surface area (Å²) in [6, 6.07) is 7.55. The van der Waals surface area contributed by atoms with Crippen LogP contribution in [-0.4, -0.2) is 39.5 Å². The van der Waals surface area contributed by atoms with Gasteiger partial charge in [-0.25, -0.2) is 4.79 Å². The predicted molar refractivity (Wildman–Crippen MR) is 121 cm³/mol. The first kappa shape index (κ1) is 22.8. The van der Waals surface area contributed by atoms with E-state index in [9.17, 15) is 9.59 Å². The number of thioether (sulfide) groups is 1. The maximum atomic E-state index is 12.3. The number of thiophene rings is 1. The van der Waals surface area contributed by atoms with Crippen LogP contribution in [0.3, 0.4) is 0 Å². The van der Waals surface area contributed by atoms with E-state index < -0.39 is 5.97 Å². The molecule has 0 bridgehead atoms. The minimum atomic E-state index is -0.486. The van der Waals surface area contributed by atoms with Gasteiger partial charge in [0.05, 0.1) is 18.4 Å². The Morgan fingerprint density at radius 2 is 2.03 bits per heavy atom. The van der Waals surface area contributed by atoms with Crippen LogP contribution in [-0.2, 0) is 16.6 Å². The van der Waals surface area contributed by atoms with Gasteiger partial charge in [0, 0.05) is 7.05 Å². The molecule has 1 aromatic carbocycles. The number of carbonyl (C=O) groups is 2. The SMILES string of the molecule is COC(=O)c1ccsc1NC(=O)CSc1nnc(C(C)Oc2cccc(C)c2C)n1C. The van der Waals surface area contributed by atoms with Crippen molar-refractivity contribution in [2.24, 2.45) is 7.05 Å². The second kappa shape index (κ2) is 9.97. The van der Waals surface area contributed by atoms with Gasteiger partial charge in [-0.3, -0.25) is 4.79 Å². The highest BCUT2D eigenvalue weighted by Gasteiger charge is 2.20. The lowest BCUT2D eigenvalue weighted by Crippen LogP contribution is -2.16. The van der Waals surface area contributed by atoms with Crippen molar-refractivity contribution in [1.82, 2.24) is 14.8 Å². The lowest BCUT2D eigenvalue weighted by Gasteiger charge is -2.16. The molecule has 8 nitrogen and oxygen atoms in total. The number of aryl methyl sites for hydroxylation is 1. The second-order valence-electron chi connectivity index (χ2n) is 6.85. The number of nitrogens with one attached hydrogen (secondary N) is 1. The zero-order valence-corrected chi connectivity index (χ0v) is 19.6. The molecule has 10 heteroatoms. The van der Waals surface area contributed by atoms with Crippen molar-refractivity contribution in [3.63, 3.8) is 0 Å². The van der Waals surface area contributed by atoms with Crippen LogP contribution < -0.4 is 10.1 Å². The summed E-state index contributed by atoms with van der Waals surface area (Å²) in [4.78, 5) is 24.1. The molecule has 0 aliphatic heterocycles. The molecule has 0 aliphatic rings. The van der Waals surface area contributed by atoms with Crippen molar-refractivity contribution >= 4 is 40.0 Å². The first-order chi connectivity index (χ1) is 14.8. The zero-order valence-electron chi connectivity index (χ0n) is 18.0. The van der Waals surface area contributed by atoms with E-state index in [4.69, 9.17) is 9.47 Å². The van der Waals surface area contributed by atoms with E-state index in [0.717, 1.165) is 16.9 Å². The number of esters is 1. The largest absolute Gasteiger partial charge is 0.482 e. The van der Waals surface area contributed by atoms with Gasteiger partial charge < -0.3 is 19.4 Å². The topological polar surface area (TPSA) is 95.3 Å². The molecule has 1 amide bonds. The van der Waals surface area contributed by atoms with Crippen molar-refractivity contribution in [2.45, 2.75) is 32.0 Å². The van der Waals surface area contributed by atoms with Crippen LogP contribution in [0.25, 0.3) is 0 Å². The van der Waals surface area contributed by atoms with Gasteiger partial charge in [-0.15, -0.1) is 21.5 Å². The third-order valence-corrected chi connectivity index (χ3v) is 6.60. The number of benzene rings is 1. The van der Waals surface area contributed by atoms with Crippen molar-refractivity contribution in [3.05, 3.63) is 52.2 Å². The quantitative estimate of drug-likeness (QED) is 0.398. The first-order valence-corrected chi connectivity index (χ1v) is 11.4. The number of carbonyl (C=O) groups excluding carboxylic acids is 2. The first-order valence-electron chi connectivity index (χ1n) is 9.52. The molecule has 1 atom stereocenters. The molecule has 0 saturated heterocycles. The molecular weight excluding hydrogens is 436 g/mol. The summed E-state index contributed by atoms with van der Waals surface area (Å²) in [5.74, 6) is 0.856. The molecule has 0 aliphatic carbocycles. The van der Waals surface area contributed by atoms with Crippen LogP contribution in [0.15, 0.2) is 34.8 Å². The molecule has 2 heterocycles. The van der Waals surface area contributed by atoms with Crippen LogP contribution >= 0.6 is 23.1 Å². The predicted octanol–water partition coefficient (Wildman–Crippen LogP) is 4.15. The van der Waals surface area contributed by atoms with Crippen LogP contribution in [0.2, 0.25) is 0 Å². The molecular formula is C21H24N4O4S2. The van der Waals surface area contributed by atoms with Gasteiger partial charge >= 0.3 is 5.97 Å². The third kappa shape index (κ3) is 5.26. The fourth-order valence-electron chi connectivity index (χ4n) is 2.87. The number of amides is 1. The summed E-state index contributed by atoms with van der Waals surface area (Å²) in [6.07, 6.45) is -0.310. The molecule has 1 N–H and O–H groups in total. The highest BCUT2D eigenvalue weighted by atomic mass is 32.2. The van der Waals surface area contributed by atoms with Crippen LogP contribution in [0, 0.1) is 13.8 Å². The smallest absolute Gasteiger partial charge is 0.340 e. The van der Waals surface area contributed by atoms with E-state index in [2.05, 4.69) is 15.5 Å². The molecule has 0 fully saturated rings. The van der Waals surface area contributed by atoms with E-state index in [-0.39, 0.29) is 17.8 Å². The van der Waals surface area contributed by atoms with Crippen molar-refractivity contribution in [3.8, 4) is 5.75 Å². The van der Waals surface area contributed by atoms with Crippen LogP contribution in [0.4, 0.5) is 5.00 Å². The van der Waals surface area contributed by atoms with E-state index in [0.29, 0.717) is 21.5 Å². The molecule has 0 spiro atoms. The standard InChI is InChI=1S/C21H24N4O4S2/c1-12-7-6-8-16(13(12)2)29-14(3)18-23-24-21(25(18)4)31-11-17(26)22-19-15(9-10-30-19)20(27)28-5/h6-10,14H,11H2,1-5H3,(H,22,26). The molecule has 164 valence electrons. The highest BCUT2D eigenvalue weighted by Crippen LogP contribution is 2.28. The number of anilines is 1. The summed E-state index contributed by atoms with van der Waals surface area (Å²) in [6.45, 7) is 5.98. The van der Waals surface area contributed by atoms with Gasteiger partial charge in [-0.05, 0) is 49.4 Å². The molecule has 3 aromatic rings. The average molecular weight is 461 g/mol. The number of ether oxygens (including phenoxy) is 2. The number of nitrogens with zero attached hydrogens (tertiary/aromatic N) is 3. The minimum absolute atomic E-state index is 0.122. The number of rotatable bonds is 8. The van der Waals surface area contributed by atoms with Crippen LogP contribution in [0.1, 0.15) is 40.3 Å². The van der Waals surface area contributed by atoms with Gasteiger partial charge in [0.25, 0.3) is 0 Å².